The van der Waals surface area contributed by atoms with Crippen LogP contribution in [0.4, 0.5) is 11.4 Å². The van der Waals surface area contributed by atoms with Gasteiger partial charge in [-0.2, -0.15) is 0 Å². The predicted molar refractivity (Wildman–Crippen MR) is 144 cm³/mol. The molecule has 1 amide bonds. The van der Waals surface area contributed by atoms with E-state index < -0.39 is 15.9 Å². The monoisotopic (exact) mass is 510 g/mol. The van der Waals surface area contributed by atoms with Crippen molar-refractivity contribution in [2.75, 3.05) is 30.4 Å². The number of hydrogen-bond acceptors (Lipinski definition) is 5. The van der Waals surface area contributed by atoms with E-state index in [0.717, 1.165) is 45.1 Å². The molecule has 0 aromatic heterocycles. The topological polar surface area (TPSA) is 84.9 Å². The SMILES string of the molecule is CCc1cccc(CC)c1NC(=O)CN(c1cc(C)cc(C)c1)S(=O)(=O)c1ccc(OC)c(OC)c1. The highest BCUT2D eigenvalue weighted by Crippen LogP contribution is 2.33. The van der Waals surface area contributed by atoms with Crippen molar-refractivity contribution in [2.45, 2.75) is 45.4 Å². The summed E-state index contributed by atoms with van der Waals surface area (Å²) in [7, 11) is -1.20. The second-order valence-corrected chi connectivity index (χ2v) is 10.4. The first-order chi connectivity index (χ1) is 17.1. The zero-order valence-electron chi connectivity index (χ0n) is 21.7. The molecule has 3 aromatic carbocycles. The van der Waals surface area contributed by atoms with E-state index in [1.165, 1.54) is 32.4 Å². The molecule has 3 aromatic rings. The van der Waals surface area contributed by atoms with Crippen molar-refractivity contribution in [3.63, 3.8) is 0 Å². The number of nitrogens with one attached hydrogen (secondary N) is 1. The highest BCUT2D eigenvalue weighted by Gasteiger charge is 2.29. The van der Waals surface area contributed by atoms with Crippen molar-refractivity contribution >= 4 is 27.3 Å². The fourth-order valence-electron chi connectivity index (χ4n) is 4.23. The number of aryl methyl sites for hydroxylation is 4. The molecule has 0 heterocycles. The first-order valence-corrected chi connectivity index (χ1v) is 13.3. The van der Waals surface area contributed by atoms with E-state index in [1.807, 2.05) is 52.0 Å². The lowest BCUT2D eigenvalue weighted by Crippen LogP contribution is -2.38. The smallest absolute Gasteiger partial charge is 0.264 e. The quantitative estimate of drug-likeness (QED) is 0.401. The summed E-state index contributed by atoms with van der Waals surface area (Å²) in [6.45, 7) is 7.44. The molecule has 7 nitrogen and oxygen atoms in total. The Bertz CT molecular complexity index is 1310. The van der Waals surface area contributed by atoms with Crippen LogP contribution < -0.4 is 19.1 Å². The van der Waals surface area contributed by atoms with E-state index in [-0.39, 0.29) is 17.2 Å². The third kappa shape index (κ3) is 5.82. The first kappa shape index (κ1) is 27.1. The van der Waals surface area contributed by atoms with Gasteiger partial charge in [0.15, 0.2) is 11.5 Å². The largest absolute Gasteiger partial charge is 0.493 e. The van der Waals surface area contributed by atoms with E-state index in [1.54, 1.807) is 12.1 Å². The number of anilines is 2. The van der Waals surface area contributed by atoms with Gasteiger partial charge >= 0.3 is 0 Å². The van der Waals surface area contributed by atoms with Gasteiger partial charge in [0.25, 0.3) is 10.0 Å². The number of rotatable bonds is 10. The first-order valence-electron chi connectivity index (χ1n) is 11.9. The van der Waals surface area contributed by atoms with Crippen molar-refractivity contribution in [1.29, 1.82) is 0 Å². The van der Waals surface area contributed by atoms with Crippen LogP contribution in [0.2, 0.25) is 0 Å². The van der Waals surface area contributed by atoms with Crippen LogP contribution in [0.3, 0.4) is 0 Å². The molecule has 0 aliphatic rings. The minimum Gasteiger partial charge on any atom is -0.493 e. The summed E-state index contributed by atoms with van der Waals surface area (Å²) in [5, 5.41) is 2.99. The third-order valence-electron chi connectivity index (χ3n) is 5.99. The van der Waals surface area contributed by atoms with Gasteiger partial charge in [0.05, 0.1) is 24.8 Å². The second-order valence-electron chi connectivity index (χ2n) is 8.58. The maximum atomic E-state index is 13.9. The van der Waals surface area contributed by atoms with E-state index in [9.17, 15) is 13.2 Å². The van der Waals surface area contributed by atoms with Crippen LogP contribution in [0.1, 0.15) is 36.1 Å². The number of benzene rings is 3. The maximum absolute atomic E-state index is 13.9. The van der Waals surface area contributed by atoms with Gasteiger partial charge in [-0.25, -0.2) is 8.42 Å². The van der Waals surface area contributed by atoms with Crippen LogP contribution >= 0.6 is 0 Å². The van der Waals surface area contributed by atoms with Gasteiger partial charge in [-0.15, -0.1) is 0 Å². The van der Waals surface area contributed by atoms with Crippen molar-refractivity contribution < 1.29 is 22.7 Å². The Hall–Kier alpha value is -3.52. The summed E-state index contributed by atoms with van der Waals surface area (Å²) in [6.07, 6.45) is 1.49. The standard InChI is InChI=1S/C28H34N2O5S/c1-7-21-10-9-11-22(8-2)28(21)29-27(31)18-30(23-15-19(3)14-20(4)16-23)36(32,33)24-12-13-25(34-5)26(17-24)35-6/h9-17H,7-8,18H2,1-6H3,(H,29,31). The number of methoxy groups -OCH3 is 2. The molecule has 0 atom stereocenters. The minimum absolute atomic E-state index is 0.00434. The molecule has 0 bridgehead atoms. The predicted octanol–water partition coefficient (Wildman–Crippen LogP) is 5.28. The summed E-state index contributed by atoms with van der Waals surface area (Å²) in [5.41, 5.74) is 4.95. The Morgan fingerprint density at radius 2 is 1.44 bits per heavy atom. The lowest BCUT2D eigenvalue weighted by Gasteiger charge is -2.26. The average Bonchev–Trinajstić information content (AvgIpc) is 2.86. The fraction of sp³-hybridized carbons (Fsp3) is 0.321. The zero-order chi connectivity index (χ0) is 26.5. The van der Waals surface area contributed by atoms with Crippen LogP contribution in [0.25, 0.3) is 0 Å². The van der Waals surface area contributed by atoms with Crippen molar-refractivity contribution in [1.82, 2.24) is 0 Å². The van der Waals surface area contributed by atoms with Gasteiger partial charge in [0, 0.05) is 11.8 Å². The van der Waals surface area contributed by atoms with E-state index in [0.29, 0.717) is 11.4 Å². The van der Waals surface area contributed by atoms with Crippen molar-refractivity contribution in [3.05, 3.63) is 76.9 Å². The lowest BCUT2D eigenvalue weighted by molar-refractivity contribution is -0.114. The highest BCUT2D eigenvalue weighted by atomic mass is 32.2. The van der Waals surface area contributed by atoms with E-state index in [4.69, 9.17) is 9.47 Å². The number of carbonyl (C=O) groups excluding carboxylic acids is 1. The average molecular weight is 511 g/mol. The molecule has 0 saturated heterocycles. The molecule has 8 heteroatoms. The molecular weight excluding hydrogens is 476 g/mol. The van der Waals surface area contributed by atoms with Crippen LogP contribution in [-0.4, -0.2) is 35.1 Å². The van der Waals surface area contributed by atoms with Crippen LogP contribution in [0.15, 0.2) is 59.5 Å². The number of nitrogens with zero attached hydrogens (tertiary/aromatic N) is 1. The molecule has 0 saturated carbocycles. The molecule has 0 radical (unpaired) electrons. The highest BCUT2D eigenvalue weighted by molar-refractivity contribution is 7.92. The summed E-state index contributed by atoms with van der Waals surface area (Å²) >= 11 is 0. The number of ether oxygens (including phenoxy) is 2. The summed E-state index contributed by atoms with van der Waals surface area (Å²) < 4.78 is 39.5. The molecule has 1 N–H and O–H groups in total. The molecular formula is C28H34N2O5S. The molecule has 0 aliphatic carbocycles. The summed E-state index contributed by atoms with van der Waals surface area (Å²) in [5.74, 6) is 0.275. The second kappa shape index (κ2) is 11.5. The Morgan fingerprint density at radius 1 is 0.861 bits per heavy atom. The molecule has 0 aliphatic heterocycles. The van der Waals surface area contributed by atoms with E-state index in [2.05, 4.69) is 5.32 Å². The van der Waals surface area contributed by atoms with Gasteiger partial charge in [-0.3, -0.25) is 9.10 Å². The number of carbonyl (C=O) groups is 1. The van der Waals surface area contributed by atoms with Crippen LogP contribution in [-0.2, 0) is 27.7 Å². The normalized spacial score (nSPS) is 11.2. The Kier molecular flexibility index (Phi) is 8.63. The van der Waals surface area contributed by atoms with Gasteiger partial charge in [-0.1, -0.05) is 38.1 Å². The number of amides is 1. The van der Waals surface area contributed by atoms with Crippen LogP contribution in [0, 0.1) is 13.8 Å². The number of sulfonamides is 1. The molecule has 0 unspecified atom stereocenters. The Balaban J connectivity index is 2.07. The summed E-state index contributed by atoms with van der Waals surface area (Å²) in [6, 6.07) is 15.8. The third-order valence-corrected chi connectivity index (χ3v) is 7.76. The lowest BCUT2D eigenvalue weighted by atomic mass is 10.0. The minimum atomic E-state index is -4.13. The van der Waals surface area contributed by atoms with Gasteiger partial charge in [0.2, 0.25) is 5.91 Å². The maximum Gasteiger partial charge on any atom is 0.264 e. The van der Waals surface area contributed by atoms with Crippen LogP contribution in [0.5, 0.6) is 11.5 Å². The molecule has 192 valence electrons. The van der Waals surface area contributed by atoms with Gasteiger partial charge in [-0.05, 0) is 73.2 Å². The molecule has 3 rings (SSSR count). The molecule has 0 fully saturated rings. The Morgan fingerprint density at radius 3 is 1.97 bits per heavy atom. The fourth-order valence-corrected chi connectivity index (χ4v) is 5.65. The van der Waals surface area contributed by atoms with Crippen molar-refractivity contribution in [2.24, 2.45) is 0 Å². The molecule has 36 heavy (non-hydrogen) atoms. The molecule has 0 spiro atoms. The van der Waals surface area contributed by atoms with Crippen molar-refractivity contribution in [3.8, 4) is 11.5 Å². The zero-order valence-corrected chi connectivity index (χ0v) is 22.5. The number of para-hydroxylation sites is 1. The number of hydrogen-bond donors (Lipinski definition) is 1. The van der Waals surface area contributed by atoms with Gasteiger partial charge < -0.3 is 14.8 Å². The Labute approximate surface area is 214 Å². The summed E-state index contributed by atoms with van der Waals surface area (Å²) in [4.78, 5) is 13.3. The van der Waals surface area contributed by atoms with Gasteiger partial charge in [0.1, 0.15) is 6.54 Å². The van der Waals surface area contributed by atoms with E-state index >= 15 is 0 Å².